The Balaban J connectivity index is 1.46. The van der Waals surface area contributed by atoms with Gasteiger partial charge in [-0.2, -0.15) is 0 Å². The van der Waals surface area contributed by atoms with Crippen LogP contribution in [0.5, 0.6) is 5.75 Å². The summed E-state index contributed by atoms with van der Waals surface area (Å²) in [6.45, 7) is 9.17. The maximum Gasteiger partial charge on any atom is 0.196 e. The van der Waals surface area contributed by atoms with E-state index in [9.17, 15) is 4.79 Å². The van der Waals surface area contributed by atoms with E-state index in [-0.39, 0.29) is 17.0 Å². The van der Waals surface area contributed by atoms with Gasteiger partial charge in [0.05, 0.1) is 12.4 Å². The molecule has 0 unspecified atom stereocenters. The largest absolute Gasteiger partial charge is 0.494 e. The first-order valence-electron chi connectivity index (χ1n) is 12.8. The summed E-state index contributed by atoms with van der Waals surface area (Å²) in [5, 5.41) is 11.9. The van der Waals surface area contributed by atoms with Gasteiger partial charge in [0.25, 0.3) is 0 Å². The highest BCUT2D eigenvalue weighted by molar-refractivity contribution is 7.99. The third kappa shape index (κ3) is 5.50. The zero-order valence-electron chi connectivity index (χ0n) is 22.1. The van der Waals surface area contributed by atoms with Crippen molar-refractivity contribution in [3.05, 3.63) is 102 Å². The lowest BCUT2D eigenvalue weighted by atomic mass is 9.87. The molecule has 0 spiro atoms. The zero-order valence-corrected chi connectivity index (χ0v) is 23.0. The van der Waals surface area contributed by atoms with E-state index < -0.39 is 0 Å². The molecule has 0 aliphatic rings. The Kier molecular flexibility index (Phi) is 7.34. The van der Waals surface area contributed by atoms with Crippen LogP contribution in [0.25, 0.3) is 27.8 Å². The predicted octanol–water partition coefficient (Wildman–Crippen LogP) is 7.76. The summed E-state index contributed by atoms with van der Waals surface area (Å²) in [7, 11) is 0. The SMILES string of the molecule is CCOc1ccc(-n2c(SCC(=O)c3ccc4ccccc4c3)nnc2-c2ccc(C(C)(C)C)cc2)cc1. The second-order valence-corrected chi connectivity index (χ2v) is 11.1. The van der Waals surface area contributed by atoms with Crippen LogP contribution in [-0.4, -0.2) is 32.9 Å². The van der Waals surface area contributed by atoms with Gasteiger partial charge in [0, 0.05) is 16.8 Å². The molecule has 0 radical (unpaired) electrons. The molecule has 0 aliphatic carbocycles. The lowest BCUT2D eigenvalue weighted by Crippen LogP contribution is -2.10. The highest BCUT2D eigenvalue weighted by atomic mass is 32.2. The smallest absolute Gasteiger partial charge is 0.196 e. The van der Waals surface area contributed by atoms with E-state index in [1.807, 2.05) is 78.2 Å². The van der Waals surface area contributed by atoms with E-state index in [4.69, 9.17) is 4.74 Å². The molecule has 5 rings (SSSR count). The molecule has 1 aromatic heterocycles. The lowest BCUT2D eigenvalue weighted by molar-refractivity contribution is 0.102. The quantitative estimate of drug-likeness (QED) is 0.154. The zero-order chi connectivity index (χ0) is 26.7. The normalized spacial score (nSPS) is 11.6. The highest BCUT2D eigenvalue weighted by Crippen LogP contribution is 2.31. The van der Waals surface area contributed by atoms with Gasteiger partial charge in [-0.3, -0.25) is 9.36 Å². The third-order valence-electron chi connectivity index (χ3n) is 6.45. The first-order chi connectivity index (χ1) is 18.3. The number of nitrogens with zero attached hydrogens (tertiary/aromatic N) is 3. The Morgan fingerprint density at radius 1 is 0.868 bits per heavy atom. The Hall–Kier alpha value is -3.90. The van der Waals surface area contributed by atoms with E-state index >= 15 is 0 Å². The Morgan fingerprint density at radius 3 is 2.26 bits per heavy atom. The fourth-order valence-electron chi connectivity index (χ4n) is 4.34. The molecule has 5 nitrogen and oxygen atoms in total. The molecule has 0 atom stereocenters. The number of hydrogen-bond donors (Lipinski definition) is 0. The number of ether oxygens (including phenoxy) is 1. The van der Waals surface area contributed by atoms with Gasteiger partial charge in [-0.25, -0.2) is 0 Å². The summed E-state index contributed by atoms with van der Waals surface area (Å²) in [5.74, 6) is 1.85. The van der Waals surface area contributed by atoms with E-state index in [1.54, 1.807) is 0 Å². The number of carbonyl (C=O) groups excluding carboxylic acids is 1. The third-order valence-corrected chi connectivity index (χ3v) is 7.38. The molecule has 1 heterocycles. The summed E-state index contributed by atoms with van der Waals surface area (Å²) < 4.78 is 7.65. The van der Waals surface area contributed by atoms with Crippen molar-refractivity contribution in [2.24, 2.45) is 0 Å². The molecule has 0 N–H and O–H groups in total. The average Bonchev–Trinajstić information content (AvgIpc) is 3.35. The van der Waals surface area contributed by atoms with Crippen molar-refractivity contribution < 1.29 is 9.53 Å². The molecule has 0 saturated heterocycles. The number of rotatable bonds is 8. The fourth-order valence-corrected chi connectivity index (χ4v) is 5.18. The number of carbonyl (C=O) groups is 1. The van der Waals surface area contributed by atoms with Crippen LogP contribution in [0, 0.1) is 0 Å². The molecular weight excluding hydrogens is 490 g/mol. The van der Waals surface area contributed by atoms with Crippen LogP contribution in [0.1, 0.15) is 43.6 Å². The van der Waals surface area contributed by atoms with Gasteiger partial charge in [-0.1, -0.05) is 93.2 Å². The number of thioether (sulfide) groups is 1. The van der Waals surface area contributed by atoms with Gasteiger partial charge < -0.3 is 4.74 Å². The minimum Gasteiger partial charge on any atom is -0.494 e. The number of fused-ring (bicyclic) bond motifs is 1. The Morgan fingerprint density at radius 2 is 1.58 bits per heavy atom. The number of ketones is 1. The number of aromatic nitrogens is 3. The first kappa shape index (κ1) is 25.7. The number of Topliss-reactive ketones (excluding diaryl/α,β-unsaturated/α-hetero) is 1. The number of benzene rings is 4. The Bertz CT molecular complexity index is 1570. The van der Waals surface area contributed by atoms with Gasteiger partial charge in [0.15, 0.2) is 16.8 Å². The number of hydrogen-bond acceptors (Lipinski definition) is 5. The standard InChI is InChI=1S/C32H31N3O2S/c1-5-37-28-18-16-27(17-19-28)35-30(23-12-14-26(15-13-23)32(2,3)4)33-34-31(35)38-21-29(36)25-11-10-22-8-6-7-9-24(22)20-25/h6-20H,5,21H2,1-4H3. The van der Waals surface area contributed by atoms with E-state index in [0.29, 0.717) is 17.3 Å². The molecular formula is C32H31N3O2S. The van der Waals surface area contributed by atoms with Crippen LogP contribution in [0.3, 0.4) is 0 Å². The van der Waals surface area contributed by atoms with Crippen molar-refractivity contribution in [3.8, 4) is 22.8 Å². The maximum atomic E-state index is 13.1. The molecule has 38 heavy (non-hydrogen) atoms. The van der Waals surface area contributed by atoms with E-state index in [2.05, 4.69) is 55.2 Å². The minimum atomic E-state index is 0.0538. The van der Waals surface area contributed by atoms with Crippen LogP contribution >= 0.6 is 11.8 Å². The summed E-state index contributed by atoms with van der Waals surface area (Å²) in [4.78, 5) is 13.1. The van der Waals surface area contributed by atoms with Gasteiger partial charge >= 0.3 is 0 Å². The second-order valence-electron chi connectivity index (χ2n) is 10.2. The van der Waals surface area contributed by atoms with Gasteiger partial charge in [-0.15, -0.1) is 10.2 Å². The van der Waals surface area contributed by atoms with Crippen LogP contribution in [0.2, 0.25) is 0 Å². The molecule has 0 fully saturated rings. The first-order valence-corrected chi connectivity index (χ1v) is 13.8. The van der Waals surface area contributed by atoms with Gasteiger partial charge in [0.1, 0.15) is 5.75 Å². The topological polar surface area (TPSA) is 57.0 Å². The molecule has 0 aliphatic heterocycles. The van der Waals surface area contributed by atoms with Crippen molar-refractivity contribution in [2.45, 2.75) is 38.3 Å². The highest BCUT2D eigenvalue weighted by Gasteiger charge is 2.19. The predicted molar refractivity (Wildman–Crippen MR) is 156 cm³/mol. The summed E-state index contributed by atoms with van der Waals surface area (Å²) in [6, 6.07) is 30.2. The van der Waals surface area contributed by atoms with Crippen LogP contribution in [0.4, 0.5) is 0 Å². The minimum absolute atomic E-state index is 0.0538. The van der Waals surface area contributed by atoms with Crippen LogP contribution in [0.15, 0.2) is 96.2 Å². The summed E-state index contributed by atoms with van der Waals surface area (Å²) in [5.41, 5.74) is 3.89. The van der Waals surface area contributed by atoms with Crippen molar-refractivity contribution >= 4 is 28.3 Å². The second kappa shape index (κ2) is 10.8. The lowest BCUT2D eigenvalue weighted by Gasteiger charge is -2.19. The van der Waals surface area contributed by atoms with E-state index in [1.165, 1.54) is 17.3 Å². The summed E-state index contributed by atoms with van der Waals surface area (Å²) in [6.07, 6.45) is 0. The van der Waals surface area contributed by atoms with Crippen molar-refractivity contribution in [2.75, 3.05) is 12.4 Å². The van der Waals surface area contributed by atoms with Crippen LogP contribution < -0.4 is 4.74 Å². The average molecular weight is 522 g/mol. The fraction of sp³-hybridized carbons (Fsp3) is 0.219. The monoisotopic (exact) mass is 521 g/mol. The van der Waals surface area contributed by atoms with Crippen LogP contribution in [-0.2, 0) is 5.41 Å². The van der Waals surface area contributed by atoms with Crippen molar-refractivity contribution in [3.63, 3.8) is 0 Å². The summed E-state index contributed by atoms with van der Waals surface area (Å²) >= 11 is 1.40. The molecule has 0 saturated carbocycles. The van der Waals surface area contributed by atoms with Gasteiger partial charge in [-0.05, 0) is 59.0 Å². The van der Waals surface area contributed by atoms with Crippen molar-refractivity contribution in [1.29, 1.82) is 0 Å². The molecule has 0 amide bonds. The van der Waals surface area contributed by atoms with Crippen molar-refractivity contribution in [1.82, 2.24) is 14.8 Å². The van der Waals surface area contributed by atoms with Gasteiger partial charge in [0.2, 0.25) is 0 Å². The Labute approximate surface area is 227 Å². The molecule has 0 bridgehead atoms. The maximum absolute atomic E-state index is 13.1. The molecule has 4 aromatic carbocycles. The molecule has 192 valence electrons. The molecule has 5 aromatic rings. The van der Waals surface area contributed by atoms with E-state index in [0.717, 1.165) is 33.6 Å². The molecule has 6 heteroatoms.